The van der Waals surface area contributed by atoms with Gasteiger partial charge in [-0.3, -0.25) is 0 Å². The maximum atomic E-state index is 10.7. The molecule has 0 unspecified atom stereocenters. The monoisotopic (exact) mass is 199 g/mol. The predicted molar refractivity (Wildman–Crippen MR) is 48.2 cm³/mol. The molecular formula is C9H13NO4. The number of hydrogen-bond donors (Lipinski definition) is 1. The van der Waals surface area contributed by atoms with E-state index in [2.05, 4.69) is 4.98 Å². The van der Waals surface area contributed by atoms with E-state index in [0.717, 1.165) is 6.42 Å². The minimum atomic E-state index is -1.10. The summed E-state index contributed by atoms with van der Waals surface area (Å²) >= 11 is 0. The highest BCUT2D eigenvalue weighted by Gasteiger charge is 2.18. The molecule has 0 fully saturated rings. The normalized spacial score (nSPS) is 10.4. The van der Waals surface area contributed by atoms with Crippen LogP contribution < -0.4 is 0 Å². The SMILES string of the molecule is CCCc1nc(COC)c(C(=O)O)o1. The molecular weight excluding hydrogens is 186 g/mol. The molecule has 1 heterocycles. The van der Waals surface area contributed by atoms with Crippen LogP contribution in [0.25, 0.3) is 0 Å². The van der Waals surface area contributed by atoms with Crippen molar-refractivity contribution in [3.63, 3.8) is 0 Å². The number of aryl methyl sites for hydroxylation is 1. The van der Waals surface area contributed by atoms with Crippen LogP contribution in [0.3, 0.4) is 0 Å². The number of methoxy groups -OCH3 is 1. The molecule has 0 aromatic carbocycles. The van der Waals surface area contributed by atoms with Gasteiger partial charge in [-0.1, -0.05) is 6.92 Å². The highest BCUT2D eigenvalue weighted by molar-refractivity contribution is 5.85. The Balaban J connectivity index is 2.93. The van der Waals surface area contributed by atoms with Crippen LogP contribution in [-0.4, -0.2) is 23.2 Å². The van der Waals surface area contributed by atoms with Crippen LogP contribution in [0.15, 0.2) is 4.42 Å². The Labute approximate surface area is 81.7 Å². The molecule has 0 saturated heterocycles. The van der Waals surface area contributed by atoms with Crippen molar-refractivity contribution in [2.24, 2.45) is 0 Å². The summed E-state index contributed by atoms with van der Waals surface area (Å²) in [6.07, 6.45) is 1.51. The van der Waals surface area contributed by atoms with Gasteiger partial charge < -0.3 is 14.3 Å². The summed E-state index contributed by atoms with van der Waals surface area (Å²) in [5, 5.41) is 8.78. The van der Waals surface area contributed by atoms with Gasteiger partial charge in [0.1, 0.15) is 5.69 Å². The van der Waals surface area contributed by atoms with Crippen molar-refractivity contribution >= 4 is 5.97 Å². The maximum absolute atomic E-state index is 10.7. The summed E-state index contributed by atoms with van der Waals surface area (Å²) in [6, 6.07) is 0. The molecule has 5 nitrogen and oxygen atoms in total. The summed E-state index contributed by atoms with van der Waals surface area (Å²) in [6.45, 7) is 2.13. The molecule has 14 heavy (non-hydrogen) atoms. The molecule has 0 atom stereocenters. The minimum absolute atomic E-state index is 0.115. The fourth-order valence-corrected chi connectivity index (χ4v) is 1.12. The summed E-state index contributed by atoms with van der Waals surface area (Å²) < 4.78 is 9.90. The number of aromatic carboxylic acids is 1. The molecule has 0 radical (unpaired) electrons. The predicted octanol–water partition coefficient (Wildman–Crippen LogP) is 1.47. The Hall–Kier alpha value is -1.36. The zero-order chi connectivity index (χ0) is 10.6. The van der Waals surface area contributed by atoms with Gasteiger partial charge in [-0.25, -0.2) is 9.78 Å². The van der Waals surface area contributed by atoms with E-state index in [0.29, 0.717) is 18.0 Å². The maximum Gasteiger partial charge on any atom is 0.373 e. The first kappa shape index (κ1) is 10.7. The van der Waals surface area contributed by atoms with Gasteiger partial charge in [0, 0.05) is 13.5 Å². The molecule has 0 spiro atoms. The molecule has 1 aromatic rings. The van der Waals surface area contributed by atoms with E-state index in [-0.39, 0.29) is 12.4 Å². The van der Waals surface area contributed by atoms with E-state index in [4.69, 9.17) is 14.3 Å². The molecule has 0 bridgehead atoms. The average molecular weight is 199 g/mol. The van der Waals surface area contributed by atoms with Crippen molar-refractivity contribution in [1.29, 1.82) is 0 Å². The zero-order valence-electron chi connectivity index (χ0n) is 8.24. The van der Waals surface area contributed by atoms with E-state index < -0.39 is 5.97 Å². The van der Waals surface area contributed by atoms with Crippen molar-refractivity contribution in [3.8, 4) is 0 Å². The molecule has 5 heteroatoms. The summed E-state index contributed by atoms with van der Waals surface area (Å²) in [5.41, 5.74) is 0.350. The Morgan fingerprint density at radius 1 is 1.64 bits per heavy atom. The van der Waals surface area contributed by atoms with Gasteiger partial charge in [0.05, 0.1) is 6.61 Å². The largest absolute Gasteiger partial charge is 0.475 e. The molecule has 78 valence electrons. The minimum Gasteiger partial charge on any atom is -0.475 e. The summed E-state index contributed by atoms with van der Waals surface area (Å²) in [7, 11) is 1.49. The highest BCUT2D eigenvalue weighted by Crippen LogP contribution is 2.13. The molecule has 0 aliphatic carbocycles. The number of aromatic nitrogens is 1. The van der Waals surface area contributed by atoms with Crippen molar-refractivity contribution in [2.75, 3.05) is 7.11 Å². The smallest absolute Gasteiger partial charge is 0.373 e. The Kier molecular flexibility index (Phi) is 3.64. The van der Waals surface area contributed by atoms with Gasteiger partial charge in [-0.2, -0.15) is 0 Å². The van der Waals surface area contributed by atoms with Gasteiger partial charge in [-0.15, -0.1) is 0 Å². The van der Waals surface area contributed by atoms with E-state index in [1.807, 2.05) is 6.92 Å². The number of carbonyl (C=O) groups is 1. The number of oxazole rings is 1. The highest BCUT2D eigenvalue weighted by atomic mass is 16.5. The number of carboxylic acid groups (broad SMARTS) is 1. The number of nitrogens with zero attached hydrogens (tertiary/aromatic N) is 1. The number of ether oxygens (including phenoxy) is 1. The van der Waals surface area contributed by atoms with Crippen molar-refractivity contribution in [2.45, 2.75) is 26.4 Å². The van der Waals surface area contributed by atoms with Gasteiger partial charge in [0.25, 0.3) is 0 Å². The molecule has 0 saturated carbocycles. The van der Waals surface area contributed by atoms with Crippen molar-refractivity contribution in [3.05, 3.63) is 17.3 Å². The molecule has 0 aliphatic rings. The van der Waals surface area contributed by atoms with Crippen LogP contribution in [-0.2, 0) is 17.8 Å². The molecule has 1 aromatic heterocycles. The van der Waals surface area contributed by atoms with E-state index in [9.17, 15) is 4.79 Å². The van der Waals surface area contributed by atoms with Crippen LogP contribution in [0.1, 0.15) is 35.5 Å². The first-order chi connectivity index (χ1) is 6.69. The third-order valence-electron chi connectivity index (χ3n) is 1.68. The fourth-order valence-electron chi connectivity index (χ4n) is 1.12. The first-order valence-electron chi connectivity index (χ1n) is 4.39. The van der Waals surface area contributed by atoms with Crippen LogP contribution in [0.2, 0.25) is 0 Å². The average Bonchev–Trinajstić information content (AvgIpc) is 2.49. The summed E-state index contributed by atoms with van der Waals surface area (Å²) in [4.78, 5) is 14.8. The van der Waals surface area contributed by atoms with Gasteiger partial charge in [0.15, 0.2) is 5.89 Å². The van der Waals surface area contributed by atoms with Gasteiger partial charge in [0.2, 0.25) is 5.76 Å². The van der Waals surface area contributed by atoms with E-state index in [1.165, 1.54) is 7.11 Å². The number of carboxylic acids is 1. The molecule has 1 rings (SSSR count). The van der Waals surface area contributed by atoms with Crippen molar-refractivity contribution < 1.29 is 19.1 Å². The quantitative estimate of drug-likeness (QED) is 0.777. The molecule has 0 amide bonds. The van der Waals surface area contributed by atoms with Crippen LogP contribution >= 0.6 is 0 Å². The van der Waals surface area contributed by atoms with Crippen LogP contribution in [0.5, 0.6) is 0 Å². The zero-order valence-corrected chi connectivity index (χ0v) is 8.24. The Morgan fingerprint density at radius 3 is 2.86 bits per heavy atom. The number of hydrogen-bond acceptors (Lipinski definition) is 4. The molecule has 1 N–H and O–H groups in total. The lowest BCUT2D eigenvalue weighted by Crippen LogP contribution is -2.00. The summed E-state index contributed by atoms with van der Waals surface area (Å²) in [5.74, 6) is -0.765. The molecule has 0 aliphatic heterocycles. The van der Waals surface area contributed by atoms with Crippen molar-refractivity contribution in [1.82, 2.24) is 4.98 Å². The fraction of sp³-hybridized carbons (Fsp3) is 0.556. The Bertz CT molecular complexity index is 319. The first-order valence-corrected chi connectivity index (χ1v) is 4.39. The lowest BCUT2D eigenvalue weighted by atomic mass is 10.3. The third-order valence-corrected chi connectivity index (χ3v) is 1.68. The second-order valence-electron chi connectivity index (χ2n) is 2.87. The third kappa shape index (κ3) is 2.32. The lowest BCUT2D eigenvalue weighted by Gasteiger charge is -1.92. The lowest BCUT2D eigenvalue weighted by molar-refractivity contribution is 0.0653. The Morgan fingerprint density at radius 2 is 2.36 bits per heavy atom. The standard InChI is InChI=1S/C9H13NO4/c1-3-4-7-10-6(5-13-2)8(14-7)9(11)12/h3-5H2,1-2H3,(H,11,12). The second kappa shape index (κ2) is 4.76. The van der Waals surface area contributed by atoms with E-state index >= 15 is 0 Å². The van der Waals surface area contributed by atoms with E-state index in [1.54, 1.807) is 0 Å². The second-order valence-corrected chi connectivity index (χ2v) is 2.87. The number of rotatable bonds is 5. The van der Waals surface area contributed by atoms with Crippen LogP contribution in [0.4, 0.5) is 0 Å². The van der Waals surface area contributed by atoms with Gasteiger partial charge in [-0.05, 0) is 6.42 Å². The van der Waals surface area contributed by atoms with Crippen LogP contribution in [0, 0.1) is 0 Å². The topological polar surface area (TPSA) is 72.6 Å². The van der Waals surface area contributed by atoms with Gasteiger partial charge >= 0.3 is 5.97 Å².